The number of nitrogens with one attached hydrogen (secondary N) is 1. The molecule has 1 nitrogen and oxygen atoms in total. The molecule has 0 saturated carbocycles. The van der Waals surface area contributed by atoms with Gasteiger partial charge in [-0.05, 0) is 37.8 Å². The molecular weight excluding hydrogens is 218 g/mol. The van der Waals surface area contributed by atoms with E-state index < -0.39 is 0 Å². The van der Waals surface area contributed by atoms with Gasteiger partial charge in [-0.1, -0.05) is 73.6 Å². The van der Waals surface area contributed by atoms with Gasteiger partial charge in [0.15, 0.2) is 0 Å². The Morgan fingerprint density at radius 3 is 1.72 bits per heavy atom. The van der Waals surface area contributed by atoms with E-state index in [2.05, 4.69) is 53.9 Å². The first-order valence-electron chi connectivity index (χ1n) is 8.17. The highest BCUT2D eigenvalue weighted by atomic mass is 14.8. The van der Waals surface area contributed by atoms with E-state index in [4.69, 9.17) is 0 Å². The summed E-state index contributed by atoms with van der Waals surface area (Å²) < 4.78 is 0. The zero-order chi connectivity index (χ0) is 14.4. The first kappa shape index (κ1) is 20.3. The third-order valence-corrected chi connectivity index (χ3v) is 3.50. The lowest BCUT2D eigenvalue weighted by Crippen LogP contribution is -2.25. The Hall–Kier alpha value is -0.0400. The summed E-state index contributed by atoms with van der Waals surface area (Å²) in [6, 6.07) is 0. The lowest BCUT2D eigenvalue weighted by Gasteiger charge is -2.25. The van der Waals surface area contributed by atoms with E-state index in [0.29, 0.717) is 0 Å². The molecule has 0 heterocycles. The van der Waals surface area contributed by atoms with E-state index in [1.807, 2.05) is 0 Å². The van der Waals surface area contributed by atoms with Crippen LogP contribution < -0.4 is 5.32 Å². The second-order valence-corrected chi connectivity index (χ2v) is 6.07. The zero-order valence-electron chi connectivity index (χ0n) is 14.2. The molecule has 0 spiro atoms. The topological polar surface area (TPSA) is 12.0 Å². The number of unbranched alkanes of at least 4 members (excludes halogenated alkanes) is 2. The number of hydrogen-bond acceptors (Lipinski definition) is 1. The average Bonchev–Trinajstić information content (AvgIpc) is 2.30. The summed E-state index contributed by atoms with van der Waals surface area (Å²) in [7, 11) is 2.06. The summed E-state index contributed by atoms with van der Waals surface area (Å²) in [5, 5.41) is 3.31. The molecule has 0 aromatic carbocycles. The maximum atomic E-state index is 3.31. The minimum Gasteiger partial charge on any atom is -0.319 e. The van der Waals surface area contributed by atoms with Crippen LogP contribution in [0.2, 0.25) is 0 Å². The molecule has 0 aliphatic heterocycles. The maximum Gasteiger partial charge on any atom is -0.00209 e. The van der Waals surface area contributed by atoms with Crippen molar-refractivity contribution >= 4 is 0 Å². The number of rotatable bonds is 9. The molecule has 2 unspecified atom stereocenters. The maximum absolute atomic E-state index is 3.31. The number of hydrogen-bond donors (Lipinski definition) is 1. The Bertz CT molecular complexity index is 141. The average molecular weight is 258 g/mol. The standard InChI is InChI=1S/C12H27N.C5H12/c1-6-7-11(4)12(9-13-5)8-10(2)3;1-3-5-4-2/h10-13H,6-9H2,1-5H3;3-5H2,1-2H3. The highest BCUT2D eigenvalue weighted by molar-refractivity contribution is 4.69. The van der Waals surface area contributed by atoms with E-state index in [-0.39, 0.29) is 0 Å². The van der Waals surface area contributed by atoms with Crippen LogP contribution in [-0.2, 0) is 0 Å². The van der Waals surface area contributed by atoms with E-state index in [9.17, 15) is 0 Å². The summed E-state index contributed by atoms with van der Waals surface area (Å²) in [4.78, 5) is 0. The van der Waals surface area contributed by atoms with Crippen molar-refractivity contribution in [3.05, 3.63) is 0 Å². The van der Waals surface area contributed by atoms with Crippen molar-refractivity contribution in [1.29, 1.82) is 0 Å². The van der Waals surface area contributed by atoms with Crippen LogP contribution >= 0.6 is 0 Å². The summed E-state index contributed by atoms with van der Waals surface area (Å²) in [5.41, 5.74) is 0. The fourth-order valence-electron chi connectivity index (χ4n) is 2.43. The van der Waals surface area contributed by atoms with Crippen LogP contribution in [0.1, 0.15) is 80.1 Å². The van der Waals surface area contributed by atoms with Gasteiger partial charge in [0.05, 0.1) is 0 Å². The summed E-state index contributed by atoms with van der Waals surface area (Å²) >= 11 is 0. The molecule has 0 aliphatic carbocycles. The Balaban J connectivity index is 0. The van der Waals surface area contributed by atoms with Gasteiger partial charge in [-0.3, -0.25) is 0 Å². The molecule has 0 aromatic rings. The molecule has 2 atom stereocenters. The van der Waals surface area contributed by atoms with Crippen LogP contribution in [0.5, 0.6) is 0 Å². The zero-order valence-corrected chi connectivity index (χ0v) is 14.2. The van der Waals surface area contributed by atoms with E-state index >= 15 is 0 Å². The van der Waals surface area contributed by atoms with Gasteiger partial charge < -0.3 is 5.32 Å². The third-order valence-electron chi connectivity index (χ3n) is 3.50. The highest BCUT2D eigenvalue weighted by Gasteiger charge is 2.16. The predicted molar refractivity (Wildman–Crippen MR) is 86.1 cm³/mol. The van der Waals surface area contributed by atoms with Crippen molar-refractivity contribution in [2.45, 2.75) is 80.1 Å². The first-order chi connectivity index (χ1) is 8.53. The molecule has 0 aliphatic rings. The smallest absolute Gasteiger partial charge is 0.00209 e. The van der Waals surface area contributed by atoms with E-state index in [1.54, 1.807) is 0 Å². The van der Waals surface area contributed by atoms with Crippen LogP contribution in [0.3, 0.4) is 0 Å². The Morgan fingerprint density at radius 2 is 1.44 bits per heavy atom. The minimum atomic E-state index is 0.831. The van der Waals surface area contributed by atoms with E-state index in [0.717, 1.165) is 17.8 Å². The molecule has 1 N–H and O–H groups in total. The molecule has 0 amide bonds. The summed E-state index contributed by atoms with van der Waals surface area (Å²) in [6.45, 7) is 14.9. The molecule has 0 radical (unpaired) electrons. The Morgan fingerprint density at radius 1 is 0.889 bits per heavy atom. The molecule has 0 aromatic heterocycles. The van der Waals surface area contributed by atoms with Crippen LogP contribution in [0, 0.1) is 17.8 Å². The van der Waals surface area contributed by atoms with Crippen LogP contribution in [-0.4, -0.2) is 13.6 Å². The second-order valence-electron chi connectivity index (χ2n) is 6.07. The normalized spacial score (nSPS) is 14.0. The lowest BCUT2D eigenvalue weighted by molar-refractivity contribution is 0.278. The van der Waals surface area contributed by atoms with Gasteiger partial charge in [-0.25, -0.2) is 0 Å². The molecule has 0 saturated heterocycles. The van der Waals surface area contributed by atoms with Gasteiger partial charge in [0, 0.05) is 0 Å². The molecule has 0 bridgehead atoms. The molecule has 1 heteroatoms. The second kappa shape index (κ2) is 15.0. The quantitative estimate of drug-likeness (QED) is 0.575. The van der Waals surface area contributed by atoms with Crippen LogP contribution in [0.4, 0.5) is 0 Å². The van der Waals surface area contributed by atoms with Crippen molar-refractivity contribution < 1.29 is 0 Å². The molecule has 0 rings (SSSR count). The highest BCUT2D eigenvalue weighted by Crippen LogP contribution is 2.23. The van der Waals surface area contributed by atoms with Crippen molar-refractivity contribution in [2.24, 2.45) is 17.8 Å². The fraction of sp³-hybridized carbons (Fsp3) is 1.00. The summed E-state index contributed by atoms with van der Waals surface area (Å²) in [6.07, 6.45) is 8.13. The predicted octanol–water partition coefficient (Wildman–Crippen LogP) is 5.50. The lowest BCUT2D eigenvalue weighted by atomic mass is 9.84. The SMILES string of the molecule is CCCC(C)C(CNC)CC(C)C.CCCCC. The summed E-state index contributed by atoms with van der Waals surface area (Å²) in [5.74, 6) is 2.57. The van der Waals surface area contributed by atoms with Crippen molar-refractivity contribution in [2.75, 3.05) is 13.6 Å². The molecule has 112 valence electrons. The van der Waals surface area contributed by atoms with Gasteiger partial charge >= 0.3 is 0 Å². The Labute approximate surface area is 117 Å². The molecular formula is C17H39N. The van der Waals surface area contributed by atoms with Crippen molar-refractivity contribution in [3.63, 3.8) is 0 Å². The third kappa shape index (κ3) is 14.0. The van der Waals surface area contributed by atoms with Crippen molar-refractivity contribution in [1.82, 2.24) is 5.32 Å². The van der Waals surface area contributed by atoms with Gasteiger partial charge in [0.2, 0.25) is 0 Å². The van der Waals surface area contributed by atoms with Crippen molar-refractivity contribution in [3.8, 4) is 0 Å². The van der Waals surface area contributed by atoms with Gasteiger partial charge in [-0.2, -0.15) is 0 Å². The largest absolute Gasteiger partial charge is 0.319 e. The molecule has 18 heavy (non-hydrogen) atoms. The first-order valence-corrected chi connectivity index (χ1v) is 8.17. The van der Waals surface area contributed by atoms with Gasteiger partial charge in [-0.15, -0.1) is 0 Å². The monoisotopic (exact) mass is 257 g/mol. The van der Waals surface area contributed by atoms with Gasteiger partial charge in [0.25, 0.3) is 0 Å². The van der Waals surface area contributed by atoms with Gasteiger partial charge in [0.1, 0.15) is 0 Å². The van der Waals surface area contributed by atoms with Crippen LogP contribution in [0.25, 0.3) is 0 Å². The van der Waals surface area contributed by atoms with E-state index in [1.165, 1.54) is 45.1 Å². The van der Waals surface area contributed by atoms with Crippen LogP contribution in [0.15, 0.2) is 0 Å². The fourth-order valence-corrected chi connectivity index (χ4v) is 2.43. The minimum absolute atomic E-state index is 0.831. The Kier molecular flexibility index (Phi) is 16.9. The molecule has 0 fully saturated rings.